The number of nitrogens with two attached hydrogens (primary N) is 1. The summed E-state index contributed by atoms with van der Waals surface area (Å²) >= 11 is 0. The maximum atomic E-state index is 11.1. The van der Waals surface area contributed by atoms with Crippen molar-refractivity contribution >= 4 is 5.91 Å². The molecule has 1 aromatic carbocycles. The van der Waals surface area contributed by atoms with Crippen molar-refractivity contribution in [1.29, 1.82) is 0 Å². The summed E-state index contributed by atoms with van der Waals surface area (Å²) in [4.78, 5) is 11.1. The first-order chi connectivity index (χ1) is 8.50. The van der Waals surface area contributed by atoms with E-state index in [0.29, 0.717) is 5.56 Å². The molecule has 0 aliphatic carbocycles. The van der Waals surface area contributed by atoms with Gasteiger partial charge in [0.15, 0.2) is 0 Å². The lowest BCUT2D eigenvalue weighted by Crippen LogP contribution is -2.43. The molecule has 4 nitrogen and oxygen atoms in total. The number of hydrogen-bond donors (Lipinski definition) is 3. The van der Waals surface area contributed by atoms with Crippen LogP contribution < -0.4 is 16.4 Å². The maximum Gasteiger partial charge on any atom is 0.248 e. The van der Waals surface area contributed by atoms with Crippen LogP contribution in [0.25, 0.3) is 0 Å². The largest absolute Gasteiger partial charge is 0.366 e. The Morgan fingerprint density at radius 1 is 1.56 bits per heavy atom. The average Bonchev–Trinajstić information content (AvgIpc) is 2.75. The van der Waals surface area contributed by atoms with E-state index in [1.165, 1.54) is 5.56 Å². The Morgan fingerprint density at radius 3 is 2.89 bits per heavy atom. The lowest BCUT2D eigenvalue weighted by molar-refractivity contribution is 0.1000. The van der Waals surface area contributed by atoms with Gasteiger partial charge in [0.1, 0.15) is 0 Å². The Hall–Kier alpha value is -1.39. The number of carbonyl (C=O) groups excluding carboxylic acids is 1. The maximum absolute atomic E-state index is 11.1. The summed E-state index contributed by atoms with van der Waals surface area (Å²) in [6, 6.07) is 5.63. The first kappa shape index (κ1) is 13.1. The Balaban J connectivity index is 2.03. The number of nitrogens with one attached hydrogen (secondary N) is 2. The molecule has 98 valence electrons. The van der Waals surface area contributed by atoms with Crippen molar-refractivity contribution in [3.8, 4) is 0 Å². The molecular weight excluding hydrogens is 226 g/mol. The van der Waals surface area contributed by atoms with Crippen LogP contribution in [0.3, 0.4) is 0 Å². The van der Waals surface area contributed by atoms with E-state index in [-0.39, 0.29) is 11.4 Å². The van der Waals surface area contributed by atoms with Crippen LogP contribution in [-0.2, 0) is 6.54 Å². The summed E-state index contributed by atoms with van der Waals surface area (Å²) in [6.45, 7) is 7.15. The van der Waals surface area contributed by atoms with Gasteiger partial charge in [-0.1, -0.05) is 6.07 Å². The fourth-order valence-corrected chi connectivity index (χ4v) is 2.32. The molecule has 4 N–H and O–H groups in total. The molecule has 1 unspecified atom stereocenters. The van der Waals surface area contributed by atoms with E-state index in [9.17, 15) is 4.79 Å². The molecular formula is C14H21N3O. The topological polar surface area (TPSA) is 67.2 Å². The molecule has 1 fully saturated rings. The molecule has 1 aliphatic heterocycles. The van der Waals surface area contributed by atoms with Crippen LogP contribution in [0.1, 0.15) is 34.8 Å². The molecule has 0 spiro atoms. The molecule has 0 aromatic heterocycles. The number of primary amides is 1. The van der Waals surface area contributed by atoms with Gasteiger partial charge in [0.05, 0.1) is 0 Å². The zero-order valence-electron chi connectivity index (χ0n) is 11.0. The van der Waals surface area contributed by atoms with Crippen LogP contribution in [0.5, 0.6) is 0 Å². The Morgan fingerprint density at radius 2 is 2.33 bits per heavy atom. The molecule has 1 aromatic rings. The summed E-state index contributed by atoms with van der Waals surface area (Å²) in [5.74, 6) is -0.371. The molecule has 0 radical (unpaired) electrons. The minimum atomic E-state index is -0.371. The highest BCUT2D eigenvalue weighted by Crippen LogP contribution is 2.16. The molecule has 4 heteroatoms. The Kier molecular flexibility index (Phi) is 3.68. The third-order valence-electron chi connectivity index (χ3n) is 3.70. The first-order valence-corrected chi connectivity index (χ1v) is 6.35. The molecule has 1 saturated heterocycles. The van der Waals surface area contributed by atoms with Gasteiger partial charge in [0, 0.05) is 24.2 Å². The minimum absolute atomic E-state index is 0.175. The third kappa shape index (κ3) is 2.89. The number of aryl methyl sites for hydroxylation is 1. The number of amides is 1. The second-order valence-corrected chi connectivity index (χ2v) is 5.35. The molecule has 1 heterocycles. The van der Waals surface area contributed by atoms with Gasteiger partial charge in [-0.25, -0.2) is 0 Å². The van der Waals surface area contributed by atoms with E-state index in [0.717, 1.165) is 31.6 Å². The molecule has 18 heavy (non-hydrogen) atoms. The lowest BCUT2D eigenvalue weighted by Gasteiger charge is -2.25. The summed E-state index contributed by atoms with van der Waals surface area (Å²) in [6.07, 6.45) is 1.14. The van der Waals surface area contributed by atoms with Crippen molar-refractivity contribution in [2.75, 3.05) is 13.1 Å². The van der Waals surface area contributed by atoms with Gasteiger partial charge >= 0.3 is 0 Å². The van der Waals surface area contributed by atoms with Gasteiger partial charge in [-0.05, 0) is 50.1 Å². The average molecular weight is 247 g/mol. The summed E-state index contributed by atoms with van der Waals surface area (Å²) in [5, 5.41) is 6.95. The van der Waals surface area contributed by atoms with Crippen molar-refractivity contribution in [3.63, 3.8) is 0 Å². The normalized spacial score (nSPS) is 23.2. The van der Waals surface area contributed by atoms with E-state index >= 15 is 0 Å². The van der Waals surface area contributed by atoms with Crippen molar-refractivity contribution < 1.29 is 4.79 Å². The molecule has 1 atom stereocenters. The van der Waals surface area contributed by atoms with E-state index in [2.05, 4.69) is 17.6 Å². The monoisotopic (exact) mass is 247 g/mol. The Labute approximate surface area is 108 Å². The number of carbonyl (C=O) groups is 1. The highest BCUT2D eigenvalue weighted by molar-refractivity contribution is 5.93. The van der Waals surface area contributed by atoms with Crippen molar-refractivity contribution in [3.05, 3.63) is 34.9 Å². The van der Waals surface area contributed by atoms with E-state index in [1.807, 2.05) is 19.1 Å². The number of hydrogen-bond acceptors (Lipinski definition) is 3. The SMILES string of the molecule is Cc1cc(C(N)=O)ccc1CNC1(C)CCNC1. The molecule has 1 amide bonds. The van der Waals surface area contributed by atoms with Gasteiger partial charge in [0.25, 0.3) is 0 Å². The van der Waals surface area contributed by atoms with E-state index < -0.39 is 0 Å². The molecule has 0 saturated carbocycles. The number of rotatable bonds is 4. The van der Waals surface area contributed by atoms with Crippen molar-refractivity contribution in [2.45, 2.75) is 32.4 Å². The zero-order valence-corrected chi connectivity index (χ0v) is 11.0. The highest BCUT2D eigenvalue weighted by Gasteiger charge is 2.27. The predicted octanol–water partition coefficient (Wildman–Crippen LogP) is 0.936. The second kappa shape index (κ2) is 5.08. The summed E-state index contributed by atoms with van der Waals surface area (Å²) in [7, 11) is 0. The van der Waals surface area contributed by atoms with Crippen molar-refractivity contribution in [1.82, 2.24) is 10.6 Å². The van der Waals surface area contributed by atoms with Crippen LogP contribution in [0.2, 0.25) is 0 Å². The summed E-state index contributed by atoms with van der Waals surface area (Å²) in [5.41, 5.74) is 8.33. The van der Waals surface area contributed by atoms with Gasteiger partial charge in [-0.3, -0.25) is 4.79 Å². The van der Waals surface area contributed by atoms with Gasteiger partial charge < -0.3 is 16.4 Å². The number of benzene rings is 1. The van der Waals surface area contributed by atoms with Gasteiger partial charge in [0.2, 0.25) is 5.91 Å². The van der Waals surface area contributed by atoms with Crippen molar-refractivity contribution in [2.24, 2.45) is 5.73 Å². The molecule has 1 aliphatic rings. The minimum Gasteiger partial charge on any atom is -0.366 e. The van der Waals surface area contributed by atoms with E-state index in [4.69, 9.17) is 5.73 Å². The zero-order chi connectivity index (χ0) is 13.2. The quantitative estimate of drug-likeness (QED) is 0.741. The van der Waals surface area contributed by atoms with Crippen LogP contribution in [-0.4, -0.2) is 24.5 Å². The lowest BCUT2D eigenvalue weighted by atomic mass is 9.99. The van der Waals surface area contributed by atoms with Crippen LogP contribution in [0.15, 0.2) is 18.2 Å². The fourth-order valence-electron chi connectivity index (χ4n) is 2.32. The van der Waals surface area contributed by atoms with Crippen LogP contribution >= 0.6 is 0 Å². The van der Waals surface area contributed by atoms with Crippen LogP contribution in [0.4, 0.5) is 0 Å². The Bertz CT molecular complexity index is 450. The predicted molar refractivity (Wildman–Crippen MR) is 72.4 cm³/mol. The third-order valence-corrected chi connectivity index (χ3v) is 3.70. The first-order valence-electron chi connectivity index (χ1n) is 6.35. The highest BCUT2D eigenvalue weighted by atomic mass is 16.1. The summed E-state index contributed by atoms with van der Waals surface area (Å²) < 4.78 is 0. The second-order valence-electron chi connectivity index (χ2n) is 5.35. The molecule has 2 rings (SSSR count). The standard InChI is InChI=1S/C14H21N3O/c1-10-7-11(13(15)18)3-4-12(10)8-17-14(2)5-6-16-9-14/h3-4,7,16-17H,5-6,8-9H2,1-2H3,(H2,15,18). The smallest absolute Gasteiger partial charge is 0.248 e. The molecule has 0 bridgehead atoms. The van der Waals surface area contributed by atoms with Gasteiger partial charge in [-0.2, -0.15) is 0 Å². The van der Waals surface area contributed by atoms with Gasteiger partial charge in [-0.15, -0.1) is 0 Å². The van der Waals surface area contributed by atoms with E-state index in [1.54, 1.807) is 6.07 Å². The van der Waals surface area contributed by atoms with Crippen LogP contribution in [0, 0.1) is 6.92 Å². The fraction of sp³-hybridized carbons (Fsp3) is 0.500.